The molecule has 1 atom stereocenters. The first-order chi connectivity index (χ1) is 19.8. The van der Waals surface area contributed by atoms with Crippen LogP contribution in [0, 0.1) is 0 Å². The molecule has 0 spiro atoms. The molecule has 0 radical (unpaired) electrons. The Labute approximate surface area is 233 Å². The summed E-state index contributed by atoms with van der Waals surface area (Å²) in [6, 6.07) is 47.7. The van der Waals surface area contributed by atoms with E-state index in [1.54, 1.807) is 0 Å². The number of hydrogen-bond acceptors (Lipinski definition) is 2. The molecule has 0 amide bonds. The average Bonchev–Trinajstić information content (AvgIpc) is 3.04. The van der Waals surface area contributed by atoms with Crippen molar-refractivity contribution in [2.24, 2.45) is 0 Å². The minimum absolute atomic E-state index is 0.0232. The smallest absolute Gasteiger partial charge is 0.0946 e. The second kappa shape index (κ2) is 9.21. The predicted molar refractivity (Wildman–Crippen MR) is 169 cm³/mol. The third-order valence-electron chi connectivity index (χ3n) is 8.14. The monoisotopic (exact) mass is 510 g/mol. The van der Waals surface area contributed by atoms with Gasteiger partial charge < -0.3 is 5.32 Å². The first-order valence-corrected chi connectivity index (χ1v) is 13.8. The molecule has 2 heteroatoms. The summed E-state index contributed by atoms with van der Waals surface area (Å²) in [6.45, 7) is 0. The van der Waals surface area contributed by atoms with Crippen LogP contribution >= 0.6 is 0 Å². The molecule has 0 fully saturated rings. The molecule has 1 N–H and O–H groups in total. The number of nitrogens with one attached hydrogen (secondary N) is 1. The van der Waals surface area contributed by atoms with Crippen molar-refractivity contribution in [2.75, 3.05) is 5.32 Å². The predicted octanol–water partition coefficient (Wildman–Crippen LogP) is 9.81. The van der Waals surface area contributed by atoms with E-state index in [9.17, 15) is 0 Å². The number of benzene rings is 6. The van der Waals surface area contributed by atoms with Crippen molar-refractivity contribution < 1.29 is 0 Å². The molecular formula is C38H26N2. The number of aromatic nitrogens is 1. The Balaban J connectivity index is 1.40. The highest BCUT2D eigenvalue weighted by molar-refractivity contribution is 6.10. The summed E-state index contributed by atoms with van der Waals surface area (Å²) in [5, 5.41) is 10.2. The summed E-state index contributed by atoms with van der Waals surface area (Å²) in [5.74, 6) is 0. The largest absolute Gasteiger partial charge is 0.372 e. The fraction of sp³-hybridized carbons (Fsp3) is 0.0263. The van der Waals surface area contributed by atoms with Gasteiger partial charge in [0.15, 0.2) is 0 Å². The summed E-state index contributed by atoms with van der Waals surface area (Å²) in [7, 11) is 0. The van der Waals surface area contributed by atoms with Crippen molar-refractivity contribution in [3.63, 3.8) is 0 Å². The SMILES string of the molecule is C1=C(c2ccccc2)c2ccc3c(-c4ccccc4)ccnc3c2NC1c1cc2ccccc2c2ccccc12. The van der Waals surface area contributed by atoms with E-state index in [-0.39, 0.29) is 6.04 Å². The molecule has 8 rings (SSSR count). The molecule has 2 heterocycles. The fourth-order valence-electron chi connectivity index (χ4n) is 6.29. The van der Waals surface area contributed by atoms with Crippen LogP contribution in [0.4, 0.5) is 5.69 Å². The number of anilines is 1. The van der Waals surface area contributed by atoms with Gasteiger partial charge in [-0.25, -0.2) is 0 Å². The fourth-order valence-corrected chi connectivity index (χ4v) is 6.29. The summed E-state index contributed by atoms with van der Waals surface area (Å²) in [5.41, 5.74) is 9.35. The van der Waals surface area contributed by atoms with Gasteiger partial charge >= 0.3 is 0 Å². The van der Waals surface area contributed by atoms with E-state index in [0.29, 0.717) is 0 Å². The van der Waals surface area contributed by atoms with Gasteiger partial charge in [-0.05, 0) is 67.6 Å². The van der Waals surface area contributed by atoms with E-state index in [1.165, 1.54) is 54.9 Å². The Hall–Kier alpha value is -5.21. The average molecular weight is 511 g/mol. The molecule has 40 heavy (non-hydrogen) atoms. The summed E-state index contributed by atoms with van der Waals surface area (Å²) in [4.78, 5) is 4.96. The van der Waals surface area contributed by atoms with Crippen LogP contribution in [0.3, 0.4) is 0 Å². The Morgan fingerprint density at radius 1 is 0.525 bits per heavy atom. The first-order valence-electron chi connectivity index (χ1n) is 13.8. The van der Waals surface area contributed by atoms with Gasteiger partial charge in [0.25, 0.3) is 0 Å². The quantitative estimate of drug-likeness (QED) is 0.239. The van der Waals surface area contributed by atoms with E-state index in [2.05, 4.69) is 145 Å². The van der Waals surface area contributed by atoms with Crippen molar-refractivity contribution in [2.45, 2.75) is 6.04 Å². The maximum Gasteiger partial charge on any atom is 0.0946 e. The second-order valence-corrected chi connectivity index (χ2v) is 10.4. The van der Waals surface area contributed by atoms with Crippen LogP contribution in [0.25, 0.3) is 49.1 Å². The van der Waals surface area contributed by atoms with Crippen molar-refractivity contribution in [1.29, 1.82) is 0 Å². The molecule has 1 aliphatic heterocycles. The van der Waals surface area contributed by atoms with Gasteiger partial charge in [-0.1, -0.05) is 121 Å². The van der Waals surface area contributed by atoms with Crippen molar-refractivity contribution in [3.8, 4) is 11.1 Å². The number of nitrogens with zero attached hydrogens (tertiary/aromatic N) is 1. The van der Waals surface area contributed by atoms with Gasteiger partial charge in [-0.3, -0.25) is 4.98 Å². The van der Waals surface area contributed by atoms with E-state index in [4.69, 9.17) is 4.98 Å². The lowest BCUT2D eigenvalue weighted by molar-refractivity contribution is 0.988. The lowest BCUT2D eigenvalue weighted by atomic mass is 9.85. The minimum Gasteiger partial charge on any atom is -0.372 e. The normalized spacial score (nSPS) is 14.6. The summed E-state index contributed by atoms with van der Waals surface area (Å²) < 4.78 is 0. The zero-order valence-electron chi connectivity index (χ0n) is 21.9. The highest BCUT2D eigenvalue weighted by Crippen LogP contribution is 2.45. The highest BCUT2D eigenvalue weighted by atomic mass is 14.9. The molecule has 188 valence electrons. The number of hydrogen-bond donors (Lipinski definition) is 1. The second-order valence-electron chi connectivity index (χ2n) is 10.4. The Morgan fingerprint density at radius 2 is 1.20 bits per heavy atom. The van der Waals surface area contributed by atoms with Crippen LogP contribution in [0.1, 0.15) is 22.7 Å². The van der Waals surface area contributed by atoms with Crippen molar-refractivity contribution in [3.05, 3.63) is 162 Å². The Kier molecular flexibility index (Phi) is 5.24. The molecule has 1 aliphatic rings. The van der Waals surface area contributed by atoms with Gasteiger partial charge in [0, 0.05) is 17.1 Å². The number of fused-ring (bicyclic) bond motifs is 6. The molecule has 6 aromatic carbocycles. The van der Waals surface area contributed by atoms with Crippen LogP contribution in [0.15, 0.2) is 146 Å². The maximum absolute atomic E-state index is 4.96. The lowest BCUT2D eigenvalue weighted by Crippen LogP contribution is -2.16. The topological polar surface area (TPSA) is 24.9 Å². The zero-order valence-corrected chi connectivity index (χ0v) is 21.9. The third kappa shape index (κ3) is 3.61. The van der Waals surface area contributed by atoms with Crippen LogP contribution in [0.5, 0.6) is 0 Å². The van der Waals surface area contributed by atoms with Gasteiger partial charge in [-0.15, -0.1) is 0 Å². The van der Waals surface area contributed by atoms with Crippen LogP contribution in [0.2, 0.25) is 0 Å². The highest BCUT2D eigenvalue weighted by Gasteiger charge is 2.25. The van der Waals surface area contributed by atoms with E-state index in [0.717, 1.165) is 16.6 Å². The van der Waals surface area contributed by atoms with E-state index in [1.807, 2.05) is 6.20 Å². The minimum atomic E-state index is -0.0232. The van der Waals surface area contributed by atoms with Gasteiger partial charge in [0.2, 0.25) is 0 Å². The molecule has 1 aromatic heterocycles. The zero-order chi connectivity index (χ0) is 26.5. The maximum atomic E-state index is 4.96. The molecule has 2 nitrogen and oxygen atoms in total. The molecule has 0 bridgehead atoms. The van der Waals surface area contributed by atoms with Crippen LogP contribution < -0.4 is 5.32 Å². The Morgan fingerprint density at radius 3 is 2.00 bits per heavy atom. The van der Waals surface area contributed by atoms with E-state index < -0.39 is 0 Å². The summed E-state index contributed by atoms with van der Waals surface area (Å²) in [6.07, 6.45) is 4.33. The van der Waals surface area contributed by atoms with Gasteiger partial charge in [0.1, 0.15) is 0 Å². The molecule has 7 aromatic rings. The lowest BCUT2D eigenvalue weighted by Gasteiger charge is -2.29. The molecular weight excluding hydrogens is 484 g/mol. The van der Waals surface area contributed by atoms with Crippen molar-refractivity contribution in [1.82, 2.24) is 4.98 Å². The van der Waals surface area contributed by atoms with Crippen molar-refractivity contribution >= 4 is 43.7 Å². The standard InChI is InChI=1S/C38H26N2/c1-3-11-25(12-4-1)29-21-22-39-37-32(29)19-20-33-34(26-13-5-2-6-14-26)24-36(40-38(33)37)35-23-27-15-7-8-16-28(27)30-17-9-10-18-31(30)35/h1-24,36,40H. The Bertz CT molecular complexity index is 2080. The molecule has 1 unspecified atom stereocenters. The number of rotatable bonds is 3. The van der Waals surface area contributed by atoms with Crippen LogP contribution in [-0.2, 0) is 0 Å². The first kappa shape index (κ1) is 22.7. The van der Waals surface area contributed by atoms with Crippen LogP contribution in [-0.4, -0.2) is 4.98 Å². The van der Waals surface area contributed by atoms with E-state index >= 15 is 0 Å². The van der Waals surface area contributed by atoms with Gasteiger partial charge in [0.05, 0.1) is 17.2 Å². The summed E-state index contributed by atoms with van der Waals surface area (Å²) >= 11 is 0. The molecule has 0 saturated carbocycles. The third-order valence-corrected chi connectivity index (χ3v) is 8.14. The molecule has 0 aliphatic carbocycles. The number of pyridine rings is 1. The van der Waals surface area contributed by atoms with Gasteiger partial charge in [-0.2, -0.15) is 0 Å². The molecule has 0 saturated heterocycles.